The Morgan fingerprint density at radius 2 is 1.94 bits per heavy atom. The molecule has 0 saturated carbocycles. The Hall–Kier alpha value is -2.34. The van der Waals surface area contributed by atoms with Gasteiger partial charge in [0.2, 0.25) is 0 Å². The maximum Gasteiger partial charge on any atom is 0.134 e. The molecule has 0 spiro atoms. The molecule has 0 atom stereocenters. The van der Waals surface area contributed by atoms with Gasteiger partial charge in [-0.1, -0.05) is 11.8 Å². The van der Waals surface area contributed by atoms with Gasteiger partial charge in [-0.15, -0.1) is 0 Å². The van der Waals surface area contributed by atoms with Crippen LogP contribution in [0.15, 0.2) is 36.7 Å². The summed E-state index contributed by atoms with van der Waals surface area (Å²) in [5, 5.41) is 0. The number of aromatic amines is 1. The average Bonchev–Trinajstić information content (AvgIpc) is 2.89. The van der Waals surface area contributed by atoms with Crippen molar-refractivity contribution in [3.63, 3.8) is 0 Å². The maximum atomic E-state index is 5.25. The first-order chi connectivity index (χ1) is 8.33. The van der Waals surface area contributed by atoms with Crippen molar-refractivity contribution < 1.29 is 9.47 Å². The summed E-state index contributed by atoms with van der Waals surface area (Å²) < 4.78 is 10.4. The van der Waals surface area contributed by atoms with Crippen LogP contribution in [-0.4, -0.2) is 19.2 Å². The summed E-state index contributed by atoms with van der Waals surface area (Å²) in [5.41, 5.74) is 1.75. The first-order valence-corrected chi connectivity index (χ1v) is 5.20. The van der Waals surface area contributed by atoms with Crippen LogP contribution in [0.25, 0.3) is 0 Å². The highest BCUT2D eigenvalue weighted by atomic mass is 16.5. The SMILES string of the molecule is COc1ccc(OC)c(C#Cc2cc[nH]c2)c1. The molecule has 0 aliphatic rings. The summed E-state index contributed by atoms with van der Waals surface area (Å²) in [6.45, 7) is 0. The molecule has 3 nitrogen and oxygen atoms in total. The second kappa shape index (κ2) is 5.13. The monoisotopic (exact) mass is 227 g/mol. The van der Waals surface area contributed by atoms with Crippen LogP contribution in [0, 0.1) is 11.8 Å². The van der Waals surface area contributed by atoms with E-state index in [-0.39, 0.29) is 0 Å². The number of rotatable bonds is 2. The Bertz CT molecular complexity index is 547. The van der Waals surface area contributed by atoms with Crippen LogP contribution >= 0.6 is 0 Å². The summed E-state index contributed by atoms with van der Waals surface area (Å²) in [7, 11) is 3.26. The predicted octanol–water partition coefficient (Wildman–Crippen LogP) is 2.43. The summed E-state index contributed by atoms with van der Waals surface area (Å²) >= 11 is 0. The Balaban J connectivity index is 2.36. The first kappa shape index (κ1) is 11.2. The number of aromatic nitrogens is 1. The number of benzene rings is 1. The van der Waals surface area contributed by atoms with Crippen molar-refractivity contribution >= 4 is 0 Å². The summed E-state index contributed by atoms with van der Waals surface area (Å²) in [6.07, 6.45) is 3.69. The van der Waals surface area contributed by atoms with Crippen LogP contribution in [0.1, 0.15) is 11.1 Å². The highest BCUT2D eigenvalue weighted by Crippen LogP contribution is 2.22. The third kappa shape index (κ3) is 2.61. The number of hydrogen-bond donors (Lipinski definition) is 1. The lowest BCUT2D eigenvalue weighted by atomic mass is 10.2. The van der Waals surface area contributed by atoms with Gasteiger partial charge in [-0.05, 0) is 24.3 Å². The van der Waals surface area contributed by atoms with Gasteiger partial charge in [0, 0.05) is 18.0 Å². The highest BCUT2D eigenvalue weighted by Gasteiger charge is 2.01. The molecule has 1 aromatic carbocycles. The molecule has 86 valence electrons. The molecule has 17 heavy (non-hydrogen) atoms. The van der Waals surface area contributed by atoms with Gasteiger partial charge < -0.3 is 14.5 Å². The molecule has 0 aliphatic heterocycles. The molecule has 1 N–H and O–H groups in total. The van der Waals surface area contributed by atoms with Crippen LogP contribution in [0.5, 0.6) is 11.5 Å². The number of hydrogen-bond acceptors (Lipinski definition) is 2. The van der Waals surface area contributed by atoms with Gasteiger partial charge in [0.25, 0.3) is 0 Å². The van der Waals surface area contributed by atoms with E-state index in [0.29, 0.717) is 0 Å². The van der Waals surface area contributed by atoms with Crippen molar-refractivity contribution in [2.75, 3.05) is 14.2 Å². The highest BCUT2D eigenvalue weighted by molar-refractivity contribution is 5.52. The Labute approximate surface area is 100 Å². The van der Waals surface area contributed by atoms with E-state index in [1.54, 1.807) is 14.2 Å². The third-order valence-corrected chi connectivity index (χ3v) is 2.35. The first-order valence-electron chi connectivity index (χ1n) is 5.20. The summed E-state index contributed by atoms with van der Waals surface area (Å²) in [5.74, 6) is 7.63. The Morgan fingerprint density at radius 1 is 1.06 bits per heavy atom. The Morgan fingerprint density at radius 3 is 2.59 bits per heavy atom. The van der Waals surface area contributed by atoms with Gasteiger partial charge in [-0.3, -0.25) is 0 Å². The maximum absolute atomic E-state index is 5.25. The molecule has 0 fully saturated rings. The van der Waals surface area contributed by atoms with E-state index in [1.165, 1.54) is 0 Å². The number of ether oxygens (including phenoxy) is 2. The van der Waals surface area contributed by atoms with Gasteiger partial charge in [0.1, 0.15) is 11.5 Å². The molecule has 3 heteroatoms. The molecular formula is C14H13NO2. The van der Waals surface area contributed by atoms with Gasteiger partial charge in [-0.2, -0.15) is 0 Å². The molecule has 0 saturated heterocycles. The van der Waals surface area contributed by atoms with Crippen LogP contribution in [0.3, 0.4) is 0 Å². The molecule has 2 aromatic rings. The molecule has 1 aromatic heterocycles. The molecule has 0 aliphatic carbocycles. The van der Waals surface area contributed by atoms with Crippen molar-refractivity contribution in [1.82, 2.24) is 4.98 Å². The van der Waals surface area contributed by atoms with Gasteiger partial charge in [0.05, 0.1) is 19.8 Å². The third-order valence-electron chi connectivity index (χ3n) is 2.35. The van der Waals surface area contributed by atoms with Crippen LogP contribution in [0.4, 0.5) is 0 Å². The lowest BCUT2D eigenvalue weighted by Crippen LogP contribution is -1.90. The van der Waals surface area contributed by atoms with Crippen molar-refractivity contribution in [2.24, 2.45) is 0 Å². The minimum Gasteiger partial charge on any atom is -0.497 e. The zero-order valence-electron chi connectivity index (χ0n) is 9.78. The number of methoxy groups -OCH3 is 2. The van der Waals surface area contributed by atoms with Crippen LogP contribution in [0.2, 0.25) is 0 Å². The lowest BCUT2D eigenvalue weighted by Gasteiger charge is -2.05. The molecule has 1 heterocycles. The standard InChI is InChI=1S/C14H13NO2/c1-16-13-5-6-14(17-2)12(9-13)4-3-11-7-8-15-10-11/h5-10,15H,1-2H3. The van der Waals surface area contributed by atoms with Gasteiger partial charge in [0.15, 0.2) is 0 Å². The fourth-order valence-electron chi connectivity index (χ4n) is 1.45. The molecule has 0 bridgehead atoms. The van der Waals surface area contributed by atoms with E-state index < -0.39 is 0 Å². The number of nitrogens with one attached hydrogen (secondary N) is 1. The topological polar surface area (TPSA) is 34.2 Å². The minimum atomic E-state index is 0.744. The summed E-state index contributed by atoms with van der Waals surface area (Å²) in [6, 6.07) is 7.47. The smallest absolute Gasteiger partial charge is 0.134 e. The zero-order chi connectivity index (χ0) is 12.1. The normalized spacial score (nSPS) is 9.29. The minimum absolute atomic E-state index is 0.744. The summed E-state index contributed by atoms with van der Waals surface area (Å²) in [4.78, 5) is 2.96. The van der Waals surface area contributed by atoms with E-state index in [4.69, 9.17) is 9.47 Å². The van der Waals surface area contributed by atoms with Crippen LogP contribution < -0.4 is 9.47 Å². The van der Waals surface area contributed by atoms with Crippen molar-refractivity contribution in [1.29, 1.82) is 0 Å². The van der Waals surface area contributed by atoms with E-state index in [1.807, 2.05) is 36.7 Å². The fraction of sp³-hybridized carbons (Fsp3) is 0.143. The van der Waals surface area contributed by atoms with E-state index in [9.17, 15) is 0 Å². The largest absolute Gasteiger partial charge is 0.497 e. The zero-order valence-corrected chi connectivity index (χ0v) is 9.78. The Kier molecular flexibility index (Phi) is 3.37. The fourth-order valence-corrected chi connectivity index (χ4v) is 1.45. The number of H-pyrrole nitrogens is 1. The molecule has 0 radical (unpaired) electrons. The average molecular weight is 227 g/mol. The molecule has 0 amide bonds. The van der Waals surface area contributed by atoms with Crippen molar-refractivity contribution in [2.45, 2.75) is 0 Å². The van der Waals surface area contributed by atoms with Crippen molar-refractivity contribution in [3.8, 4) is 23.3 Å². The van der Waals surface area contributed by atoms with Crippen LogP contribution in [-0.2, 0) is 0 Å². The quantitative estimate of drug-likeness (QED) is 0.799. The second-order valence-electron chi connectivity index (χ2n) is 3.42. The van der Waals surface area contributed by atoms with Crippen molar-refractivity contribution in [3.05, 3.63) is 47.8 Å². The molecule has 2 rings (SSSR count). The van der Waals surface area contributed by atoms with Gasteiger partial charge in [-0.25, -0.2) is 0 Å². The second-order valence-corrected chi connectivity index (χ2v) is 3.42. The molecule has 0 unspecified atom stereocenters. The van der Waals surface area contributed by atoms with E-state index in [2.05, 4.69) is 16.8 Å². The van der Waals surface area contributed by atoms with Gasteiger partial charge >= 0.3 is 0 Å². The van der Waals surface area contributed by atoms with E-state index >= 15 is 0 Å². The predicted molar refractivity (Wildman–Crippen MR) is 66.3 cm³/mol. The molecular weight excluding hydrogens is 214 g/mol. The van der Waals surface area contributed by atoms with E-state index in [0.717, 1.165) is 22.6 Å². The lowest BCUT2D eigenvalue weighted by molar-refractivity contribution is 0.402.